The molecule has 4 heterocycles. The maximum Gasteiger partial charge on any atom is 0.225 e. The molecule has 0 N–H and O–H groups in total. The fourth-order valence-corrected chi connectivity index (χ4v) is 4.24. The van der Waals surface area contributed by atoms with E-state index in [0.717, 1.165) is 41.3 Å². The number of pyridine rings is 1. The average molecular weight is 449 g/mol. The van der Waals surface area contributed by atoms with Gasteiger partial charge >= 0.3 is 0 Å². The Balaban J connectivity index is 1.44. The summed E-state index contributed by atoms with van der Waals surface area (Å²) < 4.78 is 27.1. The molecule has 33 heavy (non-hydrogen) atoms. The van der Waals surface area contributed by atoms with Gasteiger partial charge in [0.1, 0.15) is 17.9 Å². The molecule has 0 bridgehead atoms. The second-order valence-corrected chi connectivity index (χ2v) is 7.95. The molecule has 0 spiro atoms. The molecular weight excluding hydrogens is 423 g/mol. The molecule has 0 amide bonds. The van der Waals surface area contributed by atoms with Crippen molar-refractivity contribution in [2.24, 2.45) is 0 Å². The highest BCUT2D eigenvalue weighted by atomic mass is 19.1. The first kappa shape index (κ1) is 21.3. The van der Waals surface area contributed by atoms with Crippen LogP contribution in [0.15, 0.2) is 42.9 Å². The zero-order chi connectivity index (χ0) is 22.8. The minimum atomic E-state index is -0.265. The largest absolute Gasteiger partial charge is 0.496 e. The minimum Gasteiger partial charge on any atom is -0.496 e. The topological polar surface area (TPSA) is 77.7 Å². The Bertz CT molecular complexity index is 1290. The van der Waals surface area contributed by atoms with Crippen LogP contribution in [0.25, 0.3) is 16.8 Å². The predicted molar refractivity (Wildman–Crippen MR) is 122 cm³/mol. The first-order chi connectivity index (χ1) is 16.2. The lowest BCUT2D eigenvalue weighted by molar-refractivity contribution is 0.122. The molecule has 8 nitrogen and oxygen atoms in total. The van der Waals surface area contributed by atoms with Gasteiger partial charge in [0.15, 0.2) is 5.65 Å². The number of rotatable bonds is 6. The van der Waals surface area contributed by atoms with Crippen molar-refractivity contribution in [3.05, 3.63) is 65.6 Å². The summed E-state index contributed by atoms with van der Waals surface area (Å²) >= 11 is 0. The molecule has 1 aromatic carbocycles. The molecule has 0 unspecified atom stereocenters. The number of methoxy groups -OCH3 is 1. The summed E-state index contributed by atoms with van der Waals surface area (Å²) in [5, 5.41) is 8.47. The summed E-state index contributed by atoms with van der Waals surface area (Å²) in [4.78, 5) is 11.5. The van der Waals surface area contributed by atoms with E-state index in [9.17, 15) is 4.39 Å². The van der Waals surface area contributed by atoms with Gasteiger partial charge in [0, 0.05) is 41.7 Å². The summed E-state index contributed by atoms with van der Waals surface area (Å²) in [7, 11) is 1.56. The van der Waals surface area contributed by atoms with Gasteiger partial charge in [-0.05, 0) is 44.0 Å². The number of aromatic nitrogens is 5. The van der Waals surface area contributed by atoms with Gasteiger partial charge in [-0.1, -0.05) is 6.07 Å². The van der Waals surface area contributed by atoms with Crippen LogP contribution in [-0.2, 0) is 17.6 Å². The van der Waals surface area contributed by atoms with E-state index in [0.29, 0.717) is 43.3 Å². The lowest BCUT2D eigenvalue weighted by Gasteiger charge is -2.27. The Hall–Kier alpha value is -3.59. The van der Waals surface area contributed by atoms with Crippen molar-refractivity contribution in [3.63, 3.8) is 0 Å². The molecule has 4 aromatic rings. The van der Waals surface area contributed by atoms with Crippen molar-refractivity contribution >= 4 is 11.6 Å². The minimum absolute atomic E-state index is 0.265. The zero-order valence-electron chi connectivity index (χ0n) is 18.7. The van der Waals surface area contributed by atoms with Gasteiger partial charge < -0.3 is 14.4 Å². The normalized spacial score (nSPS) is 14.1. The number of halogens is 1. The van der Waals surface area contributed by atoms with E-state index < -0.39 is 0 Å². The molecular formula is C24H25FN6O2. The Kier molecular flexibility index (Phi) is 5.87. The van der Waals surface area contributed by atoms with Crippen LogP contribution in [0.3, 0.4) is 0 Å². The Morgan fingerprint density at radius 3 is 2.73 bits per heavy atom. The fraction of sp³-hybridized carbons (Fsp3) is 0.333. The first-order valence-electron chi connectivity index (χ1n) is 11.0. The molecule has 170 valence electrons. The van der Waals surface area contributed by atoms with Crippen LogP contribution in [0, 0.1) is 12.7 Å². The highest BCUT2D eigenvalue weighted by molar-refractivity contribution is 5.78. The highest BCUT2D eigenvalue weighted by Crippen LogP contribution is 2.28. The number of hydrogen-bond acceptors (Lipinski definition) is 7. The molecule has 0 aliphatic carbocycles. The van der Waals surface area contributed by atoms with Crippen molar-refractivity contribution in [1.82, 2.24) is 24.6 Å². The van der Waals surface area contributed by atoms with Gasteiger partial charge in [-0.2, -0.15) is 0 Å². The summed E-state index contributed by atoms with van der Waals surface area (Å²) in [6, 6.07) is 8.92. The molecule has 5 rings (SSSR count). The van der Waals surface area contributed by atoms with Gasteiger partial charge in [-0.25, -0.2) is 14.4 Å². The van der Waals surface area contributed by atoms with E-state index in [1.165, 1.54) is 6.07 Å². The number of ether oxygens (including phenoxy) is 2. The summed E-state index contributed by atoms with van der Waals surface area (Å²) in [5.74, 6) is 1.01. The molecule has 9 heteroatoms. The number of fused-ring (bicyclic) bond motifs is 1. The molecule has 1 fully saturated rings. The number of morpholine rings is 1. The second kappa shape index (κ2) is 9.11. The third kappa shape index (κ3) is 4.11. The van der Waals surface area contributed by atoms with Gasteiger partial charge in [-0.3, -0.25) is 4.40 Å². The van der Waals surface area contributed by atoms with E-state index in [4.69, 9.17) is 14.5 Å². The fourth-order valence-electron chi connectivity index (χ4n) is 4.24. The van der Waals surface area contributed by atoms with Gasteiger partial charge in [0.05, 0.1) is 26.0 Å². The molecule has 3 aromatic heterocycles. The first-order valence-corrected chi connectivity index (χ1v) is 11.0. The molecule has 1 aliphatic heterocycles. The zero-order valence-corrected chi connectivity index (χ0v) is 18.7. The maximum absolute atomic E-state index is 14.4. The monoisotopic (exact) mass is 448 g/mol. The lowest BCUT2D eigenvalue weighted by Crippen LogP contribution is -2.37. The number of nitrogens with zero attached hydrogens (tertiary/aromatic N) is 6. The van der Waals surface area contributed by atoms with Gasteiger partial charge in [-0.15, -0.1) is 10.2 Å². The quantitative estimate of drug-likeness (QED) is 0.448. The van der Waals surface area contributed by atoms with Crippen LogP contribution in [0.1, 0.15) is 17.0 Å². The van der Waals surface area contributed by atoms with Crippen LogP contribution in [0.4, 0.5) is 10.3 Å². The highest BCUT2D eigenvalue weighted by Gasteiger charge is 2.18. The van der Waals surface area contributed by atoms with Crippen LogP contribution in [0.5, 0.6) is 5.75 Å². The van der Waals surface area contributed by atoms with Crippen LogP contribution < -0.4 is 9.64 Å². The number of benzene rings is 1. The predicted octanol–water partition coefficient (Wildman–Crippen LogP) is 3.26. The summed E-state index contributed by atoms with van der Waals surface area (Å²) in [5.41, 5.74) is 4.96. The Labute approximate surface area is 191 Å². The van der Waals surface area contributed by atoms with Crippen molar-refractivity contribution in [1.29, 1.82) is 0 Å². The summed E-state index contributed by atoms with van der Waals surface area (Å²) in [6.07, 6.45) is 4.64. The van der Waals surface area contributed by atoms with E-state index in [1.807, 2.05) is 29.7 Å². The third-order valence-electron chi connectivity index (χ3n) is 6.02. The third-order valence-corrected chi connectivity index (χ3v) is 6.02. The standard InChI is InChI=1S/C24H25FN6O2/c1-16-20(14-26-24(28-16)30-10-12-33-13-11-30)18-8-6-17(31-15-27-29-23(18)31)7-9-19-21(25)4-3-5-22(19)32-2/h3-6,8,14-15H,7,9-13H2,1-2H3. The van der Waals surface area contributed by atoms with Crippen LogP contribution in [-0.4, -0.2) is 58.0 Å². The average Bonchev–Trinajstić information content (AvgIpc) is 3.34. The summed E-state index contributed by atoms with van der Waals surface area (Å²) in [6.45, 7) is 4.92. The van der Waals surface area contributed by atoms with E-state index in [-0.39, 0.29) is 5.82 Å². The van der Waals surface area contributed by atoms with Crippen LogP contribution >= 0.6 is 0 Å². The number of hydrogen-bond donors (Lipinski definition) is 0. The second-order valence-electron chi connectivity index (χ2n) is 7.95. The molecule has 1 aliphatic rings. The molecule has 0 saturated carbocycles. The SMILES string of the molecule is COc1cccc(F)c1CCc1ccc(-c2cnc(N3CCOCC3)nc2C)c2nncn12. The van der Waals surface area contributed by atoms with Crippen molar-refractivity contribution in [3.8, 4) is 16.9 Å². The van der Waals surface area contributed by atoms with Crippen LogP contribution in [0.2, 0.25) is 0 Å². The van der Waals surface area contributed by atoms with E-state index in [2.05, 4.69) is 20.1 Å². The molecule has 0 radical (unpaired) electrons. The van der Waals surface area contributed by atoms with Crippen molar-refractivity contribution in [2.75, 3.05) is 38.3 Å². The number of aryl methyl sites for hydroxylation is 2. The van der Waals surface area contributed by atoms with Gasteiger partial charge in [0.25, 0.3) is 0 Å². The van der Waals surface area contributed by atoms with E-state index >= 15 is 0 Å². The molecule has 0 atom stereocenters. The molecule has 1 saturated heterocycles. The Morgan fingerprint density at radius 2 is 1.94 bits per heavy atom. The van der Waals surface area contributed by atoms with E-state index in [1.54, 1.807) is 25.6 Å². The maximum atomic E-state index is 14.4. The smallest absolute Gasteiger partial charge is 0.225 e. The number of anilines is 1. The van der Waals surface area contributed by atoms with Crippen molar-refractivity contribution in [2.45, 2.75) is 19.8 Å². The van der Waals surface area contributed by atoms with Crippen molar-refractivity contribution < 1.29 is 13.9 Å². The van der Waals surface area contributed by atoms with Gasteiger partial charge in [0.2, 0.25) is 5.95 Å². The Morgan fingerprint density at radius 1 is 1.09 bits per heavy atom. The lowest BCUT2D eigenvalue weighted by atomic mass is 10.0.